The Labute approximate surface area is 860 Å². The summed E-state index contributed by atoms with van der Waals surface area (Å²) in [5.41, 5.74) is 16.3. The van der Waals surface area contributed by atoms with Gasteiger partial charge in [-0.3, -0.25) is 48.7 Å². The van der Waals surface area contributed by atoms with Gasteiger partial charge in [0.15, 0.2) is 33.9 Å². The number of nitrogens with zero attached hydrogens (tertiary/aromatic N) is 24. The number of pyridine rings is 4. The summed E-state index contributed by atoms with van der Waals surface area (Å²) in [6.45, 7) is 23.9. The molecule has 150 heavy (non-hydrogen) atoms. The van der Waals surface area contributed by atoms with E-state index in [0.29, 0.717) is 123 Å². The molecule has 2 saturated heterocycles. The predicted octanol–water partition coefficient (Wildman–Crippen LogP) is 16.7. The van der Waals surface area contributed by atoms with Crippen LogP contribution in [0.4, 0.5) is 38.0 Å². The van der Waals surface area contributed by atoms with Crippen LogP contribution in [0.25, 0.3) is 79.0 Å². The van der Waals surface area contributed by atoms with E-state index in [4.69, 9.17) is 4.98 Å². The van der Waals surface area contributed by atoms with Crippen molar-refractivity contribution in [2.24, 2.45) is 35.5 Å². The molecule has 42 heteroatoms. The van der Waals surface area contributed by atoms with E-state index in [0.717, 1.165) is 88.7 Å². The van der Waals surface area contributed by atoms with Crippen LogP contribution in [-0.4, -0.2) is 218 Å². The van der Waals surface area contributed by atoms with Crippen LogP contribution in [0.3, 0.4) is 0 Å². The van der Waals surface area contributed by atoms with Crippen LogP contribution in [0.15, 0.2) is 172 Å². The van der Waals surface area contributed by atoms with Gasteiger partial charge in [-0.2, -0.15) is 61.4 Å². The van der Waals surface area contributed by atoms with Crippen molar-refractivity contribution in [3.05, 3.63) is 239 Å². The zero-order valence-corrected chi connectivity index (χ0v) is 85.1. The quantitative estimate of drug-likeness (QED) is 0.0306. The predicted molar refractivity (Wildman–Crippen MR) is 550 cm³/mol. The number of carbonyl (C=O) groups is 6. The third-order valence-corrected chi connectivity index (χ3v) is 28.6. The highest BCUT2D eigenvalue weighted by Crippen LogP contribution is 2.43. The lowest BCUT2D eigenvalue weighted by Crippen LogP contribution is -2.46. The van der Waals surface area contributed by atoms with Crippen LogP contribution in [-0.2, 0) is 0 Å². The summed E-state index contributed by atoms with van der Waals surface area (Å²) >= 11 is 0. The van der Waals surface area contributed by atoms with Crippen molar-refractivity contribution in [2.45, 2.75) is 233 Å². The van der Waals surface area contributed by atoms with E-state index in [9.17, 15) is 55.1 Å². The summed E-state index contributed by atoms with van der Waals surface area (Å²) < 4.78 is 89.2. The average molecular weight is 2050 g/mol. The number of aromatic nitrogens is 22. The first-order valence-electron chi connectivity index (χ1n) is 51.5. The topological polar surface area (TPSA) is 414 Å². The fourth-order valence-corrected chi connectivity index (χ4v) is 19.1. The maximum absolute atomic E-state index is 13.2. The van der Waals surface area contributed by atoms with E-state index in [-0.39, 0.29) is 70.2 Å². The van der Waals surface area contributed by atoms with Gasteiger partial charge in [0.25, 0.3) is 35.4 Å². The van der Waals surface area contributed by atoms with E-state index in [1.807, 2.05) is 74.7 Å². The average Bonchev–Trinajstić information content (AvgIpc) is 1.58. The molecule has 6 saturated carbocycles. The number of aryl methyl sites for hydroxylation is 6. The maximum atomic E-state index is 13.2. The first-order chi connectivity index (χ1) is 72.2. The minimum Gasteiger partial charge on any atom is -0.356 e. The molecule has 6 amide bonds. The van der Waals surface area contributed by atoms with Crippen molar-refractivity contribution in [3.63, 3.8) is 0 Å². The van der Waals surface area contributed by atoms with Gasteiger partial charge in [0.1, 0.15) is 57.1 Å². The Morgan fingerprint density at radius 2 is 0.653 bits per heavy atom. The Balaban J connectivity index is 0.000000113. The van der Waals surface area contributed by atoms with Crippen LogP contribution < -0.4 is 41.7 Å². The highest BCUT2D eigenvalue weighted by Gasteiger charge is 2.52. The highest BCUT2D eigenvalue weighted by atomic mass is 19.4. The molecule has 16 aromatic heterocycles. The van der Waals surface area contributed by atoms with Crippen LogP contribution in [0, 0.1) is 77.0 Å². The zero-order chi connectivity index (χ0) is 105. The summed E-state index contributed by atoms with van der Waals surface area (Å²) in [4.78, 5) is 124. The van der Waals surface area contributed by atoms with Gasteiger partial charge in [0.2, 0.25) is 0 Å². The zero-order valence-electron chi connectivity index (χ0n) is 85.1. The van der Waals surface area contributed by atoms with Gasteiger partial charge in [-0.15, -0.1) is 0 Å². The molecule has 780 valence electrons. The van der Waals surface area contributed by atoms with Crippen LogP contribution >= 0.6 is 0 Å². The number of amides is 6. The van der Waals surface area contributed by atoms with E-state index in [1.165, 1.54) is 111 Å². The number of alkyl halides is 6. The summed E-state index contributed by atoms with van der Waals surface area (Å²) in [7, 11) is 0. The molecule has 6 atom stereocenters. The molecule has 18 heterocycles. The van der Waals surface area contributed by atoms with Gasteiger partial charge >= 0.3 is 12.4 Å². The van der Waals surface area contributed by atoms with Crippen molar-refractivity contribution < 1.29 is 55.1 Å². The van der Waals surface area contributed by atoms with Crippen LogP contribution in [0.5, 0.6) is 0 Å². The van der Waals surface area contributed by atoms with Crippen LogP contribution in [0.1, 0.15) is 240 Å². The number of fused-ring (bicyclic) bond motifs is 6. The molecule has 16 aromatic rings. The molecule has 6 aliphatic carbocycles. The second-order valence-corrected chi connectivity index (χ2v) is 40.5. The minimum atomic E-state index is -4.48. The fourth-order valence-electron chi connectivity index (χ4n) is 19.1. The number of halogens is 6. The Morgan fingerprint density at radius 1 is 0.307 bits per heavy atom. The number of carbonyl (C=O) groups excluding carboxylic acids is 6. The Morgan fingerprint density at radius 3 is 1.05 bits per heavy atom. The third kappa shape index (κ3) is 24.0. The summed E-state index contributed by atoms with van der Waals surface area (Å²) in [6, 6.07) is 25.3. The normalized spacial score (nSPS) is 16.8. The first-order valence-corrected chi connectivity index (χ1v) is 51.5. The van der Waals surface area contributed by atoms with Gasteiger partial charge < -0.3 is 41.7 Å². The lowest BCUT2D eigenvalue weighted by molar-refractivity contribution is -0.158. The second-order valence-electron chi connectivity index (χ2n) is 40.5. The Kier molecular flexibility index (Phi) is 30.2. The molecule has 2 aliphatic heterocycles. The van der Waals surface area contributed by atoms with Crippen molar-refractivity contribution in [2.75, 3.05) is 36.0 Å². The van der Waals surface area contributed by atoms with Crippen LogP contribution in [0.2, 0.25) is 0 Å². The molecule has 8 aliphatic rings. The van der Waals surface area contributed by atoms with E-state index < -0.39 is 48.1 Å². The standard InChI is InChI=1S/2C18H16F3N5O.2C18H19N5O.2C18H25N5O/c1-10-7-14(12-3-2-6-22-8-12)24-16-13(9-23-26(10)16)17(27)25-15(11-4-5-11)18(19,20)21;1-10-8-14(13-4-2-3-7-22-13)24-16-12(9-23-26(10)16)17(27)25-15(11-5-6-11)18(19,20)21;1-11-9-16(14-5-7-19-8-6-14)22-17-15(10-20-23(11)17)18(24)21-12(2)13-3-4-13;1-11-9-16(14-5-7-19-8-6-14)23-17(21-11)15(10-20-23)18(24)22-12(2)13-3-4-13;1-12-10-16(22-8-4-3-5-9-22)21-17-15(11-19-23(12)17)18(24)20-13(2)14-6-7-14;1-12-10-16(22-8-4-3-5-9-22)23-17(20-12)15(11-19-23)18(24)21-13(2)14-6-7-14/h2-3,6-9,11,15H,4-5H2,1H3,(H,25,27);2-4,7-9,11,15H,5-6H2,1H3,(H,25,27);5-10,12-13H,3-4H2,1-2H3,(H,21,24);5-10,12-13H,3-4H2,1-2H3,(H,22,24);10-11,13-14H,3-9H2,1-2H3,(H,20,24);10-11,13-14H,3-9H2,1-2H3,(H,21,24)/t;;;12-;;13-/m...0.0/s1. The number of hydrogen-bond donors (Lipinski definition) is 6. The highest BCUT2D eigenvalue weighted by molar-refractivity contribution is 6.04. The molecule has 36 nitrogen and oxygen atoms in total. The van der Waals surface area contributed by atoms with Gasteiger partial charge in [-0.25, -0.2) is 52.5 Å². The summed E-state index contributed by atoms with van der Waals surface area (Å²) in [6.07, 6.45) is 30.7. The number of nitrogens with one attached hydrogen (secondary N) is 6. The molecule has 0 spiro atoms. The van der Waals surface area contributed by atoms with Gasteiger partial charge in [0.05, 0.1) is 65.7 Å². The van der Waals surface area contributed by atoms with Crippen molar-refractivity contribution in [1.82, 2.24) is 139 Å². The third-order valence-electron chi connectivity index (χ3n) is 28.6. The number of piperidine rings is 2. The van der Waals surface area contributed by atoms with E-state index in [1.54, 1.807) is 132 Å². The van der Waals surface area contributed by atoms with Gasteiger partial charge in [-0.05, 0) is 293 Å². The van der Waals surface area contributed by atoms with Crippen molar-refractivity contribution in [1.29, 1.82) is 0 Å². The largest absolute Gasteiger partial charge is 0.408 e. The molecule has 6 N–H and O–H groups in total. The molecule has 8 fully saturated rings. The molecular weight excluding hydrogens is 1930 g/mol. The summed E-state index contributed by atoms with van der Waals surface area (Å²) in [5.74, 6) is 1.38. The Hall–Kier alpha value is -15.7. The van der Waals surface area contributed by atoms with Gasteiger partial charge in [-0.1, -0.05) is 6.07 Å². The molecule has 0 radical (unpaired) electrons. The minimum absolute atomic E-state index is 0.00535. The lowest BCUT2D eigenvalue weighted by atomic mass is 10.1. The number of hydrogen-bond acceptors (Lipinski definition) is 24. The van der Waals surface area contributed by atoms with Crippen molar-refractivity contribution in [3.8, 4) is 45.2 Å². The SMILES string of the molecule is Cc1cc(-c2ccccn2)nc2c(C(=O)NC(C3CC3)C(F)(F)F)cnn12.Cc1cc(-c2cccnc2)nc2c(C(=O)NC(C3CC3)C(F)(F)F)cnn12.Cc1cc(-c2ccncc2)n2ncc(C(=O)N[C@@H](C)C3CC3)c2n1.Cc1cc(-c2ccncc2)nc2c(C(=O)NC(C)C3CC3)cnn12.Cc1cc(N2CCCCC2)n2ncc(C(=O)N[C@@H](C)C3CC3)c2n1.Cc1cc(N2CCCCC2)nc2c(C(=O)NC(C)C3CC3)cnn12. The first kappa shape index (κ1) is 103. The lowest BCUT2D eigenvalue weighted by Gasteiger charge is -2.29. The maximum Gasteiger partial charge on any atom is 0.408 e. The molecule has 4 unspecified atom stereocenters. The smallest absolute Gasteiger partial charge is 0.356 e. The molecule has 0 bridgehead atoms. The Bertz CT molecular complexity index is 7380. The molecular formula is C108H120F6N30O6. The molecule has 24 rings (SSSR count). The molecule has 0 aromatic carbocycles. The van der Waals surface area contributed by atoms with E-state index in [2.05, 4.69) is 157 Å². The van der Waals surface area contributed by atoms with Crippen molar-refractivity contribution >= 4 is 81.0 Å². The monoisotopic (exact) mass is 2050 g/mol. The second kappa shape index (κ2) is 44.0. The number of rotatable bonds is 24. The summed E-state index contributed by atoms with van der Waals surface area (Å²) in [5, 5.41) is 42.4. The van der Waals surface area contributed by atoms with E-state index >= 15 is 0 Å². The fraction of sp³-hybridized carbons (Fsp3) is 0.426. The number of anilines is 2. The van der Waals surface area contributed by atoms with Gasteiger partial charge in [0, 0.05) is 157 Å².